The quantitative estimate of drug-likeness (QED) is 0.873. The van der Waals surface area contributed by atoms with Crippen LogP contribution in [0.2, 0.25) is 0 Å². The minimum absolute atomic E-state index is 0.0461. The molecule has 1 aromatic carbocycles. The van der Waals surface area contributed by atoms with Gasteiger partial charge in [-0.15, -0.1) is 11.8 Å². The topological polar surface area (TPSA) is 92.5 Å². The van der Waals surface area contributed by atoms with Crippen molar-refractivity contribution in [1.82, 2.24) is 4.90 Å². The average Bonchev–Trinajstić information content (AvgIpc) is 2.96. The van der Waals surface area contributed by atoms with Crippen LogP contribution in [0, 0.1) is 12.3 Å². The Labute approximate surface area is 146 Å². The molecule has 3 N–H and O–H groups in total. The Kier molecular flexibility index (Phi) is 5.22. The van der Waals surface area contributed by atoms with Crippen molar-refractivity contribution in [2.75, 3.05) is 16.9 Å². The molecule has 0 bridgehead atoms. The van der Waals surface area contributed by atoms with E-state index >= 15 is 0 Å². The Bertz CT molecular complexity index is 682. The van der Waals surface area contributed by atoms with Crippen molar-refractivity contribution in [2.45, 2.75) is 33.7 Å². The number of hydrogen-bond donors (Lipinski definition) is 2. The van der Waals surface area contributed by atoms with Crippen LogP contribution in [0.15, 0.2) is 18.2 Å². The number of benzene rings is 1. The van der Waals surface area contributed by atoms with E-state index in [4.69, 9.17) is 5.73 Å². The van der Waals surface area contributed by atoms with Gasteiger partial charge in [-0.05, 0) is 24.6 Å². The van der Waals surface area contributed by atoms with Crippen molar-refractivity contribution in [3.05, 3.63) is 29.3 Å². The summed E-state index contributed by atoms with van der Waals surface area (Å²) in [7, 11) is 0. The summed E-state index contributed by atoms with van der Waals surface area (Å²) in [6, 6.07) is 4.49. The van der Waals surface area contributed by atoms with Crippen molar-refractivity contribution in [2.24, 2.45) is 11.1 Å². The maximum absolute atomic E-state index is 12.7. The molecule has 1 unspecified atom stereocenters. The van der Waals surface area contributed by atoms with E-state index in [1.54, 1.807) is 41.8 Å². The second kappa shape index (κ2) is 6.84. The molecule has 130 valence electrons. The second-order valence-corrected chi connectivity index (χ2v) is 7.87. The summed E-state index contributed by atoms with van der Waals surface area (Å²) in [6.07, 6.45) is 0. The van der Waals surface area contributed by atoms with Gasteiger partial charge in [0.15, 0.2) is 0 Å². The molecular formula is C17H23N3O3S. The SMILES string of the molecule is Cc1c(NC(=O)C2CSCN2C(=O)C(C)(C)C)cccc1C(N)=O. The van der Waals surface area contributed by atoms with E-state index in [9.17, 15) is 14.4 Å². The molecule has 3 amide bonds. The van der Waals surface area contributed by atoms with Gasteiger partial charge >= 0.3 is 0 Å². The van der Waals surface area contributed by atoms with Gasteiger partial charge in [-0.25, -0.2) is 0 Å². The third-order valence-corrected chi connectivity index (χ3v) is 4.96. The number of amides is 3. The molecule has 1 aromatic rings. The van der Waals surface area contributed by atoms with Gasteiger partial charge < -0.3 is 16.0 Å². The van der Waals surface area contributed by atoms with Crippen molar-refractivity contribution >= 4 is 35.2 Å². The highest BCUT2D eigenvalue weighted by atomic mass is 32.2. The summed E-state index contributed by atoms with van der Waals surface area (Å²) in [5, 5.41) is 2.83. The van der Waals surface area contributed by atoms with Crippen LogP contribution in [0.25, 0.3) is 0 Å². The monoisotopic (exact) mass is 349 g/mol. The molecule has 1 aliphatic rings. The van der Waals surface area contributed by atoms with Crippen LogP contribution in [0.1, 0.15) is 36.7 Å². The molecule has 1 aliphatic heterocycles. The van der Waals surface area contributed by atoms with Crippen LogP contribution in [0.4, 0.5) is 5.69 Å². The third kappa shape index (κ3) is 3.72. The van der Waals surface area contributed by atoms with Gasteiger partial charge in [0.25, 0.3) is 0 Å². The molecular weight excluding hydrogens is 326 g/mol. The lowest BCUT2D eigenvalue weighted by molar-refractivity contribution is -0.143. The molecule has 7 heteroatoms. The average molecular weight is 349 g/mol. The number of nitrogens with zero attached hydrogens (tertiary/aromatic N) is 1. The zero-order valence-electron chi connectivity index (χ0n) is 14.4. The van der Waals surface area contributed by atoms with E-state index in [2.05, 4.69) is 5.32 Å². The highest BCUT2D eigenvalue weighted by Gasteiger charge is 2.39. The number of nitrogens with one attached hydrogen (secondary N) is 1. The molecule has 1 heterocycles. The Hall–Kier alpha value is -2.02. The van der Waals surface area contributed by atoms with Crippen LogP contribution >= 0.6 is 11.8 Å². The van der Waals surface area contributed by atoms with Gasteiger partial charge in [-0.3, -0.25) is 14.4 Å². The van der Waals surface area contributed by atoms with E-state index < -0.39 is 17.4 Å². The zero-order chi connectivity index (χ0) is 18.1. The lowest BCUT2D eigenvalue weighted by atomic mass is 9.94. The Morgan fingerprint density at radius 1 is 1.29 bits per heavy atom. The highest BCUT2D eigenvalue weighted by Crippen LogP contribution is 2.28. The second-order valence-electron chi connectivity index (χ2n) is 6.87. The van der Waals surface area contributed by atoms with Gasteiger partial charge in [0.2, 0.25) is 17.7 Å². The van der Waals surface area contributed by atoms with Crippen LogP contribution in [-0.2, 0) is 9.59 Å². The standard InChI is InChI=1S/C17H23N3O3S/c1-10-11(14(18)21)6-5-7-12(10)19-15(22)13-8-24-9-20(13)16(23)17(2,3)4/h5-7,13H,8-9H2,1-4H3,(H2,18,21)(H,19,22). The summed E-state index contributed by atoms with van der Waals surface area (Å²) in [6.45, 7) is 7.26. The van der Waals surface area contributed by atoms with Crippen molar-refractivity contribution in [1.29, 1.82) is 0 Å². The van der Waals surface area contributed by atoms with Gasteiger partial charge in [-0.2, -0.15) is 0 Å². The summed E-state index contributed by atoms with van der Waals surface area (Å²) in [5.74, 6) is 0.235. The smallest absolute Gasteiger partial charge is 0.249 e. The predicted molar refractivity (Wildman–Crippen MR) is 95.7 cm³/mol. The molecule has 0 aliphatic carbocycles. The largest absolute Gasteiger partial charge is 0.366 e. The minimum atomic E-state index is -0.537. The molecule has 6 nitrogen and oxygen atoms in total. The van der Waals surface area contributed by atoms with Crippen LogP contribution in [0.5, 0.6) is 0 Å². The first-order chi connectivity index (χ1) is 11.1. The number of thioether (sulfide) groups is 1. The summed E-state index contributed by atoms with van der Waals surface area (Å²) in [4.78, 5) is 38.2. The summed E-state index contributed by atoms with van der Waals surface area (Å²) < 4.78 is 0. The maximum Gasteiger partial charge on any atom is 0.249 e. The molecule has 0 radical (unpaired) electrons. The van der Waals surface area contributed by atoms with Gasteiger partial charge in [0.05, 0.1) is 5.88 Å². The number of hydrogen-bond acceptors (Lipinski definition) is 4. The fourth-order valence-electron chi connectivity index (χ4n) is 2.54. The lowest BCUT2D eigenvalue weighted by Gasteiger charge is -2.29. The summed E-state index contributed by atoms with van der Waals surface area (Å²) >= 11 is 1.56. The minimum Gasteiger partial charge on any atom is -0.366 e. The van der Waals surface area contributed by atoms with Crippen LogP contribution in [0.3, 0.4) is 0 Å². The predicted octanol–water partition coefficient (Wildman–Crippen LogP) is 1.98. The number of rotatable bonds is 3. The number of anilines is 1. The maximum atomic E-state index is 12.7. The van der Waals surface area contributed by atoms with Crippen molar-refractivity contribution in [3.8, 4) is 0 Å². The molecule has 0 aromatic heterocycles. The van der Waals surface area contributed by atoms with Gasteiger partial charge in [0.1, 0.15) is 6.04 Å². The Balaban J connectivity index is 2.19. The molecule has 1 atom stereocenters. The first-order valence-corrected chi connectivity index (χ1v) is 8.87. The number of primary amides is 1. The van der Waals surface area contributed by atoms with Gasteiger partial charge in [-0.1, -0.05) is 26.8 Å². The van der Waals surface area contributed by atoms with Gasteiger partial charge in [0, 0.05) is 22.4 Å². The first kappa shape index (κ1) is 18.3. The molecule has 1 fully saturated rings. The molecule has 0 spiro atoms. The summed E-state index contributed by atoms with van der Waals surface area (Å²) in [5.41, 5.74) is 6.33. The molecule has 0 saturated carbocycles. The molecule has 24 heavy (non-hydrogen) atoms. The van der Waals surface area contributed by atoms with E-state index in [1.165, 1.54) is 0 Å². The van der Waals surface area contributed by atoms with E-state index in [-0.39, 0.29) is 11.8 Å². The number of carbonyl (C=O) groups excluding carboxylic acids is 3. The Morgan fingerprint density at radius 2 is 1.96 bits per heavy atom. The van der Waals surface area contributed by atoms with E-state index in [0.29, 0.717) is 28.4 Å². The third-order valence-electron chi connectivity index (χ3n) is 3.94. The van der Waals surface area contributed by atoms with E-state index in [1.807, 2.05) is 20.8 Å². The highest BCUT2D eigenvalue weighted by molar-refractivity contribution is 7.99. The first-order valence-electron chi connectivity index (χ1n) is 7.72. The number of carbonyl (C=O) groups is 3. The van der Waals surface area contributed by atoms with Crippen LogP contribution in [-0.4, -0.2) is 40.3 Å². The van der Waals surface area contributed by atoms with Crippen LogP contribution < -0.4 is 11.1 Å². The van der Waals surface area contributed by atoms with Crippen molar-refractivity contribution in [3.63, 3.8) is 0 Å². The zero-order valence-corrected chi connectivity index (χ0v) is 15.2. The number of nitrogens with two attached hydrogens (primary N) is 1. The van der Waals surface area contributed by atoms with E-state index in [0.717, 1.165) is 0 Å². The molecule has 2 rings (SSSR count). The van der Waals surface area contributed by atoms with Crippen molar-refractivity contribution < 1.29 is 14.4 Å². The normalized spacial score (nSPS) is 17.7. The lowest BCUT2D eigenvalue weighted by Crippen LogP contribution is -2.48. The fourth-order valence-corrected chi connectivity index (χ4v) is 3.70. The fraction of sp³-hybridized carbons (Fsp3) is 0.471. The molecule has 1 saturated heterocycles. The Morgan fingerprint density at radius 3 is 2.54 bits per heavy atom.